The largest absolute Gasteiger partial charge is 0.326 e. The van der Waals surface area contributed by atoms with Gasteiger partial charge in [0.05, 0.1) is 0 Å². The minimum Gasteiger partial charge on any atom is -0.326 e. The monoisotopic (exact) mass is 359 g/mol. The van der Waals surface area contributed by atoms with Crippen LogP contribution in [0.4, 0.5) is 0 Å². The second-order valence-electron chi connectivity index (χ2n) is 6.84. The summed E-state index contributed by atoms with van der Waals surface area (Å²) >= 11 is 0. The van der Waals surface area contributed by atoms with E-state index < -0.39 is 16.8 Å². The van der Waals surface area contributed by atoms with Crippen molar-refractivity contribution in [1.29, 1.82) is 0 Å². The van der Waals surface area contributed by atoms with Crippen LogP contribution in [-0.4, -0.2) is 40.7 Å². The summed E-state index contributed by atoms with van der Waals surface area (Å²) in [4.78, 5) is 8.14. The van der Waals surface area contributed by atoms with Crippen LogP contribution in [0.3, 0.4) is 0 Å². The van der Waals surface area contributed by atoms with Crippen molar-refractivity contribution >= 4 is 16.8 Å². The fourth-order valence-electron chi connectivity index (χ4n) is 4.26. The van der Waals surface area contributed by atoms with Crippen molar-refractivity contribution in [3.63, 3.8) is 0 Å². The van der Waals surface area contributed by atoms with Crippen LogP contribution < -0.4 is 9.96 Å². The Morgan fingerprint density at radius 2 is 1.09 bits per heavy atom. The van der Waals surface area contributed by atoms with Crippen molar-refractivity contribution in [2.75, 3.05) is 19.6 Å². The van der Waals surface area contributed by atoms with Crippen molar-refractivity contribution in [3.05, 3.63) is 0 Å². The molecule has 2 atom stereocenters. The number of rotatable bonds is 15. The summed E-state index contributed by atoms with van der Waals surface area (Å²) in [6, 6.07) is 5.46. The third-order valence-corrected chi connectivity index (χ3v) is 17.4. The Bertz CT molecular complexity index is 251. The fourth-order valence-corrected chi connectivity index (χ4v) is 17.0. The van der Waals surface area contributed by atoms with Gasteiger partial charge in [-0.25, -0.2) is 0 Å². The Kier molecular flexibility index (Phi) is 12.8. The van der Waals surface area contributed by atoms with Gasteiger partial charge in [-0.3, -0.25) is 0 Å². The zero-order valence-corrected chi connectivity index (χ0v) is 19.2. The lowest BCUT2D eigenvalue weighted by Crippen LogP contribution is -2.77. The molecule has 23 heavy (non-hydrogen) atoms. The van der Waals surface area contributed by atoms with Gasteiger partial charge in [-0.05, 0) is 50.2 Å². The Labute approximate surface area is 149 Å². The molecule has 0 radical (unpaired) electrons. The predicted octanol–water partition coefficient (Wildman–Crippen LogP) is 5.05. The van der Waals surface area contributed by atoms with E-state index in [0.29, 0.717) is 0 Å². The molecule has 0 aliphatic heterocycles. The van der Waals surface area contributed by atoms with E-state index in [2.05, 4.69) is 62.7 Å². The minimum absolute atomic E-state index is 1.12. The van der Waals surface area contributed by atoms with Crippen molar-refractivity contribution < 1.29 is 0 Å². The van der Waals surface area contributed by atoms with Gasteiger partial charge in [0.25, 0.3) is 0 Å². The molecule has 3 nitrogen and oxygen atoms in total. The quantitative estimate of drug-likeness (QED) is 0.401. The van der Waals surface area contributed by atoms with E-state index in [4.69, 9.17) is 0 Å². The molecule has 2 N–H and O–H groups in total. The third-order valence-electron chi connectivity index (χ3n) is 5.28. The smallest absolute Gasteiger partial charge is 0.198 e. The number of hydrogen-bond acceptors (Lipinski definition) is 3. The molecule has 0 saturated heterocycles. The summed E-state index contributed by atoms with van der Waals surface area (Å²) in [6.45, 7) is 20.1. The van der Waals surface area contributed by atoms with Crippen LogP contribution in [0, 0.1) is 0 Å². The van der Waals surface area contributed by atoms with Gasteiger partial charge in [0, 0.05) is 0 Å². The Morgan fingerprint density at radius 3 is 1.35 bits per heavy atom. The maximum absolute atomic E-state index is 4.07. The molecular weight excluding hydrogens is 314 g/mol. The lowest BCUT2D eigenvalue weighted by Gasteiger charge is -2.53. The first kappa shape index (κ1) is 23.3. The van der Waals surface area contributed by atoms with E-state index in [1.54, 1.807) is 0 Å². The molecule has 0 amide bonds. The fraction of sp³-hybridized carbons (Fsp3) is 1.00. The van der Waals surface area contributed by atoms with Gasteiger partial charge in [-0.1, -0.05) is 67.7 Å². The highest BCUT2D eigenvalue weighted by Crippen LogP contribution is 2.30. The van der Waals surface area contributed by atoms with Crippen molar-refractivity contribution in [2.24, 2.45) is 0 Å². The lowest BCUT2D eigenvalue weighted by atomic mass is 10.3. The van der Waals surface area contributed by atoms with E-state index in [1.807, 2.05) is 0 Å². The number of hydrogen-bond donors (Lipinski definition) is 2. The Morgan fingerprint density at radius 1 is 0.652 bits per heavy atom. The molecule has 2 unspecified atom stereocenters. The Hall–Kier alpha value is 0.314. The van der Waals surface area contributed by atoms with Crippen molar-refractivity contribution in [2.45, 2.75) is 98.3 Å². The van der Waals surface area contributed by atoms with E-state index in [9.17, 15) is 0 Å². The second kappa shape index (κ2) is 12.6. The third kappa shape index (κ3) is 6.27. The van der Waals surface area contributed by atoms with Gasteiger partial charge in [-0.2, -0.15) is 0 Å². The molecule has 0 fully saturated rings. The maximum Gasteiger partial charge on any atom is 0.198 e. The zero-order chi connectivity index (χ0) is 17.8. The Balaban J connectivity index is 5.87. The molecule has 5 heteroatoms. The van der Waals surface area contributed by atoms with E-state index in [-0.39, 0.29) is 0 Å². The zero-order valence-electron chi connectivity index (χ0n) is 17.2. The highest BCUT2D eigenvalue weighted by atomic mass is 28.4. The summed E-state index contributed by atoms with van der Waals surface area (Å²) in [5, 5.41) is 0. The van der Waals surface area contributed by atoms with Crippen molar-refractivity contribution in [3.8, 4) is 0 Å². The van der Waals surface area contributed by atoms with Gasteiger partial charge in [0.2, 0.25) is 0 Å². The van der Waals surface area contributed by atoms with Gasteiger partial charge in [-0.15, -0.1) is 0 Å². The first-order valence-electron chi connectivity index (χ1n) is 10.3. The van der Waals surface area contributed by atoms with Crippen LogP contribution in [-0.2, 0) is 0 Å². The standard InChI is InChI=1S/C18H45N3Si2/c1-8-15-16-21(22(13-6,17-9-2)19-11-4)23(14-7,18-10-3)20-12-5/h19-20H,8-18H2,1-7H3. The van der Waals surface area contributed by atoms with Gasteiger partial charge in [0.1, 0.15) is 0 Å². The molecule has 0 aromatic rings. The first-order chi connectivity index (χ1) is 11.1. The average Bonchev–Trinajstić information content (AvgIpc) is 2.55. The molecule has 0 bridgehead atoms. The molecule has 0 aliphatic rings. The van der Waals surface area contributed by atoms with Crippen LogP contribution in [0.15, 0.2) is 0 Å². The van der Waals surface area contributed by atoms with Crippen LogP contribution in [0.25, 0.3) is 0 Å². The topological polar surface area (TPSA) is 27.3 Å². The molecule has 0 aromatic heterocycles. The SMILES string of the molecule is CCCCN([Si](CC)(CCC)NCC)[Si](CC)(CCC)NCC. The van der Waals surface area contributed by atoms with Crippen LogP contribution in [0.5, 0.6) is 0 Å². The van der Waals surface area contributed by atoms with Gasteiger partial charge >= 0.3 is 0 Å². The molecule has 0 saturated carbocycles. The lowest BCUT2D eigenvalue weighted by molar-refractivity contribution is 0.513. The molecule has 0 heterocycles. The maximum atomic E-state index is 4.07. The first-order valence-corrected chi connectivity index (χ1v) is 15.1. The normalized spacial score (nSPS) is 17.2. The molecule has 140 valence electrons. The molecular formula is C18H45N3Si2. The van der Waals surface area contributed by atoms with Gasteiger partial charge in [0.15, 0.2) is 16.8 Å². The number of nitrogens with one attached hydrogen (secondary N) is 2. The van der Waals surface area contributed by atoms with Crippen molar-refractivity contribution in [1.82, 2.24) is 14.2 Å². The molecule has 0 rings (SSSR count). The van der Waals surface area contributed by atoms with Crippen LogP contribution in [0.1, 0.15) is 74.1 Å². The predicted molar refractivity (Wildman–Crippen MR) is 112 cm³/mol. The van der Waals surface area contributed by atoms with E-state index in [1.165, 1.54) is 56.4 Å². The summed E-state index contributed by atoms with van der Waals surface area (Å²) < 4.78 is 3.10. The number of nitrogens with zero attached hydrogens (tertiary/aromatic N) is 1. The molecule has 0 aliphatic carbocycles. The van der Waals surface area contributed by atoms with Crippen LogP contribution >= 0.6 is 0 Å². The highest BCUT2D eigenvalue weighted by molar-refractivity contribution is 6.90. The molecule has 0 aromatic carbocycles. The van der Waals surface area contributed by atoms with E-state index >= 15 is 0 Å². The van der Waals surface area contributed by atoms with Gasteiger partial charge < -0.3 is 14.2 Å². The summed E-state index contributed by atoms with van der Waals surface area (Å²) in [5.74, 6) is 0. The minimum atomic E-state index is -1.58. The highest BCUT2D eigenvalue weighted by Gasteiger charge is 2.48. The molecule has 0 spiro atoms. The summed E-state index contributed by atoms with van der Waals surface area (Å²) in [6.07, 6.45) is 5.26. The second-order valence-corrected chi connectivity index (χ2v) is 15.6. The average molecular weight is 360 g/mol. The summed E-state index contributed by atoms with van der Waals surface area (Å²) in [5.41, 5.74) is 0. The van der Waals surface area contributed by atoms with E-state index in [0.717, 1.165) is 13.1 Å². The van der Waals surface area contributed by atoms with Crippen LogP contribution in [0.2, 0.25) is 24.2 Å². The number of unbranched alkanes of at least 4 members (excludes halogenated alkanes) is 1. The summed E-state index contributed by atoms with van der Waals surface area (Å²) in [7, 11) is -3.17.